The number of rotatable bonds is 4. The van der Waals surface area contributed by atoms with Crippen molar-refractivity contribution in [3.8, 4) is 0 Å². The Morgan fingerprint density at radius 1 is 1.24 bits per heavy atom. The largest absolute Gasteiger partial charge is 0.347 e. The van der Waals surface area contributed by atoms with E-state index in [9.17, 15) is 4.79 Å². The zero-order valence-electron chi connectivity index (χ0n) is 14.2. The van der Waals surface area contributed by atoms with E-state index >= 15 is 0 Å². The van der Waals surface area contributed by atoms with E-state index in [1.54, 1.807) is 0 Å². The lowest BCUT2D eigenvalue weighted by atomic mass is 9.94. The van der Waals surface area contributed by atoms with Gasteiger partial charge in [-0.2, -0.15) is 0 Å². The summed E-state index contributed by atoms with van der Waals surface area (Å²) in [5.74, 6) is 0.341. The number of fused-ring (bicyclic) bond motifs is 1. The van der Waals surface area contributed by atoms with Crippen molar-refractivity contribution in [1.82, 2.24) is 20.6 Å². The molecule has 1 aromatic heterocycles. The van der Waals surface area contributed by atoms with Crippen LogP contribution in [0.2, 0.25) is 0 Å². The van der Waals surface area contributed by atoms with Gasteiger partial charge in [0.2, 0.25) is 0 Å². The summed E-state index contributed by atoms with van der Waals surface area (Å²) in [4.78, 5) is 19.6. The predicted octanol–water partition coefficient (Wildman–Crippen LogP) is 2.44. The first-order chi connectivity index (χ1) is 12.2. The minimum absolute atomic E-state index is 0.0740. The zero-order chi connectivity index (χ0) is 17.1. The van der Waals surface area contributed by atoms with Crippen molar-refractivity contribution in [2.24, 2.45) is 0 Å². The molecule has 3 N–H and O–H groups in total. The van der Waals surface area contributed by atoms with E-state index in [2.05, 4.69) is 20.6 Å². The lowest BCUT2D eigenvalue weighted by Crippen LogP contribution is -2.41. The number of aromatic amines is 1. The zero-order valence-corrected chi connectivity index (χ0v) is 14.2. The highest BCUT2D eigenvalue weighted by Gasteiger charge is 2.42. The van der Waals surface area contributed by atoms with Crippen LogP contribution in [0.1, 0.15) is 37.9 Å². The van der Waals surface area contributed by atoms with Gasteiger partial charge in [0.1, 0.15) is 11.9 Å². The van der Waals surface area contributed by atoms with Gasteiger partial charge < -0.3 is 25.1 Å². The lowest BCUT2D eigenvalue weighted by Gasteiger charge is -2.31. The van der Waals surface area contributed by atoms with Gasteiger partial charge in [0.25, 0.3) is 0 Å². The van der Waals surface area contributed by atoms with Gasteiger partial charge in [-0.05, 0) is 25.0 Å². The van der Waals surface area contributed by atoms with E-state index in [1.807, 2.05) is 24.3 Å². The minimum Gasteiger partial charge on any atom is -0.347 e. The Labute approximate surface area is 146 Å². The number of amides is 2. The number of imidazole rings is 1. The van der Waals surface area contributed by atoms with Crippen LogP contribution in [0.25, 0.3) is 11.0 Å². The fraction of sp³-hybridized carbons (Fsp3) is 0.556. The number of nitrogens with one attached hydrogen (secondary N) is 3. The molecule has 1 saturated heterocycles. The molecule has 1 spiro atoms. The number of para-hydroxylation sites is 2. The maximum atomic E-state index is 12.0. The second-order valence-corrected chi connectivity index (χ2v) is 6.79. The number of aromatic nitrogens is 2. The van der Waals surface area contributed by atoms with E-state index in [0.29, 0.717) is 19.7 Å². The third kappa shape index (κ3) is 3.77. The molecule has 4 rings (SSSR count). The molecule has 7 nitrogen and oxygen atoms in total. The van der Waals surface area contributed by atoms with Gasteiger partial charge >= 0.3 is 6.03 Å². The third-order valence-corrected chi connectivity index (χ3v) is 4.87. The molecule has 2 aliphatic rings. The standard InChI is InChI=1S/C18H24N4O3/c23-17(20-11-16-21-14-6-2-3-7-15(14)22-16)19-10-13-12-24-18(25-13)8-4-1-5-9-18/h2-3,6-7,13H,1,4-5,8-12H2,(H,21,22)(H2,19,20,23). The number of benzene rings is 1. The van der Waals surface area contributed by atoms with E-state index < -0.39 is 5.79 Å². The van der Waals surface area contributed by atoms with Gasteiger partial charge in [-0.1, -0.05) is 18.6 Å². The molecular formula is C18H24N4O3. The summed E-state index contributed by atoms with van der Waals surface area (Å²) in [6.07, 6.45) is 5.40. The third-order valence-electron chi connectivity index (χ3n) is 4.87. The van der Waals surface area contributed by atoms with Crippen LogP contribution in [0.4, 0.5) is 4.79 Å². The Hall–Kier alpha value is -2.12. The Bertz CT molecular complexity index is 706. The summed E-state index contributed by atoms with van der Waals surface area (Å²) in [6, 6.07) is 7.56. The maximum Gasteiger partial charge on any atom is 0.315 e. The normalized spacial score (nSPS) is 22.3. The average molecular weight is 344 g/mol. The summed E-state index contributed by atoms with van der Waals surface area (Å²) in [5.41, 5.74) is 1.86. The minimum atomic E-state index is -0.394. The van der Waals surface area contributed by atoms with Crippen molar-refractivity contribution in [3.63, 3.8) is 0 Å². The molecule has 1 saturated carbocycles. The van der Waals surface area contributed by atoms with Crippen molar-refractivity contribution in [2.45, 2.75) is 50.5 Å². The molecule has 0 radical (unpaired) electrons. The van der Waals surface area contributed by atoms with Crippen LogP contribution in [0, 0.1) is 0 Å². The second-order valence-electron chi connectivity index (χ2n) is 6.79. The Balaban J connectivity index is 1.21. The SMILES string of the molecule is O=C(NCc1nc2ccccc2[nH]1)NCC1COC2(CCCCC2)O1. The summed E-state index contributed by atoms with van der Waals surface area (Å²) in [6.45, 7) is 1.35. The predicted molar refractivity (Wildman–Crippen MR) is 93.0 cm³/mol. The summed E-state index contributed by atoms with van der Waals surface area (Å²) in [5, 5.41) is 5.67. The first kappa shape index (κ1) is 16.4. The Morgan fingerprint density at radius 2 is 2.08 bits per heavy atom. The molecular weight excluding hydrogens is 320 g/mol. The smallest absolute Gasteiger partial charge is 0.315 e. The first-order valence-electron chi connectivity index (χ1n) is 9.00. The first-order valence-corrected chi connectivity index (χ1v) is 9.00. The quantitative estimate of drug-likeness (QED) is 0.795. The van der Waals surface area contributed by atoms with Crippen LogP contribution in [0.3, 0.4) is 0 Å². The van der Waals surface area contributed by atoms with E-state index in [0.717, 1.165) is 42.5 Å². The number of H-pyrrole nitrogens is 1. The molecule has 2 aromatic rings. The topological polar surface area (TPSA) is 88.3 Å². The molecule has 2 fully saturated rings. The number of carbonyl (C=O) groups excluding carboxylic acids is 1. The summed E-state index contributed by atoms with van der Waals surface area (Å²) >= 11 is 0. The van der Waals surface area contributed by atoms with Crippen LogP contribution in [0.5, 0.6) is 0 Å². The highest BCUT2D eigenvalue weighted by atomic mass is 16.7. The molecule has 25 heavy (non-hydrogen) atoms. The van der Waals surface area contributed by atoms with E-state index in [1.165, 1.54) is 6.42 Å². The highest BCUT2D eigenvalue weighted by Crippen LogP contribution is 2.37. The molecule has 1 atom stereocenters. The van der Waals surface area contributed by atoms with Gasteiger partial charge in [0, 0.05) is 19.4 Å². The van der Waals surface area contributed by atoms with Crippen molar-refractivity contribution in [2.75, 3.05) is 13.2 Å². The molecule has 1 unspecified atom stereocenters. The Morgan fingerprint density at radius 3 is 2.92 bits per heavy atom. The van der Waals surface area contributed by atoms with Crippen LogP contribution in [-0.2, 0) is 16.0 Å². The van der Waals surface area contributed by atoms with Crippen LogP contribution in [0.15, 0.2) is 24.3 Å². The van der Waals surface area contributed by atoms with Gasteiger partial charge in [-0.25, -0.2) is 9.78 Å². The molecule has 1 aliphatic heterocycles. The summed E-state index contributed by atoms with van der Waals surface area (Å²) in [7, 11) is 0. The van der Waals surface area contributed by atoms with Gasteiger partial charge in [-0.15, -0.1) is 0 Å². The second kappa shape index (κ2) is 7.01. The number of urea groups is 1. The van der Waals surface area contributed by atoms with Crippen molar-refractivity contribution >= 4 is 17.1 Å². The molecule has 134 valence electrons. The number of hydrogen-bond donors (Lipinski definition) is 3. The van der Waals surface area contributed by atoms with Crippen LogP contribution >= 0.6 is 0 Å². The Kier molecular flexibility index (Phi) is 4.59. The average Bonchev–Trinajstić information content (AvgIpc) is 3.23. The molecule has 7 heteroatoms. The van der Waals surface area contributed by atoms with Crippen LogP contribution < -0.4 is 10.6 Å². The maximum absolute atomic E-state index is 12.0. The van der Waals surface area contributed by atoms with Crippen LogP contribution in [-0.4, -0.2) is 41.0 Å². The number of ether oxygens (including phenoxy) is 2. The van der Waals surface area contributed by atoms with Gasteiger partial charge in [0.15, 0.2) is 5.79 Å². The van der Waals surface area contributed by atoms with Crippen molar-refractivity contribution < 1.29 is 14.3 Å². The van der Waals surface area contributed by atoms with Gasteiger partial charge in [-0.3, -0.25) is 0 Å². The molecule has 1 aromatic carbocycles. The summed E-state index contributed by atoms with van der Waals surface area (Å²) < 4.78 is 11.9. The fourth-order valence-electron chi connectivity index (χ4n) is 3.59. The van der Waals surface area contributed by atoms with E-state index in [4.69, 9.17) is 9.47 Å². The van der Waals surface area contributed by atoms with Crippen molar-refractivity contribution in [1.29, 1.82) is 0 Å². The fourth-order valence-corrected chi connectivity index (χ4v) is 3.59. The lowest BCUT2D eigenvalue weighted by molar-refractivity contribution is -0.186. The number of hydrogen-bond acceptors (Lipinski definition) is 4. The highest BCUT2D eigenvalue weighted by molar-refractivity contribution is 5.75. The van der Waals surface area contributed by atoms with Crippen molar-refractivity contribution in [3.05, 3.63) is 30.1 Å². The van der Waals surface area contributed by atoms with Gasteiger partial charge in [0.05, 0.1) is 24.2 Å². The number of carbonyl (C=O) groups is 1. The molecule has 2 heterocycles. The van der Waals surface area contributed by atoms with E-state index in [-0.39, 0.29) is 12.1 Å². The molecule has 2 amide bonds. The molecule has 0 bridgehead atoms. The molecule has 1 aliphatic carbocycles. The monoisotopic (exact) mass is 344 g/mol. The number of nitrogens with zero attached hydrogens (tertiary/aromatic N) is 1.